The maximum atomic E-state index is 12.6. The summed E-state index contributed by atoms with van der Waals surface area (Å²) in [6.45, 7) is 6.84. The smallest absolute Gasteiger partial charge is 0.335 e. The van der Waals surface area contributed by atoms with Crippen LogP contribution in [-0.4, -0.2) is 53.1 Å². The van der Waals surface area contributed by atoms with Gasteiger partial charge in [-0.2, -0.15) is 0 Å². The topological polar surface area (TPSA) is 72.9 Å². The van der Waals surface area contributed by atoms with Gasteiger partial charge in [0.2, 0.25) is 0 Å². The van der Waals surface area contributed by atoms with Gasteiger partial charge in [0.05, 0.1) is 5.56 Å². The van der Waals surface area contributed by atoms with E-state index in [0.29, 0.717) is 19.0 Å². The maximum absolute atomic E-state index is 12.6. The first-order valence-electron chi connectivity index (χ1n) is 10.2. The Morgan fingerprint density at radius 2 is 1.83 bits per heavy atom. The van der Waals surface area contributed by atoms with Crippen LogP contribution in [0.3, 0.4) is 0 Å². The quantitative estimate of drug-likeness (QED) is 0.718. The molecule has 2 N–H and O–H groups in total. The van der Waals surface area contributed by atoms with Crippen molar-refractivity contribution in [3.8, 4) is 0 Å². The van der Waals surface area contributed by atoms with E-state index in [9.17, 15) is 9.59 Å². The van der Waals surface area contributed by atoms with Crippen LogP contribution in [0.5, 0.6) is 0 Å². The Labute approximate surface area is 172 Å². The molecule has 2 aromatic carbocycles. The normalized spacial score (nSPS) is 16.5. The molecule has 0 aromatic heterocycles. The number of nitrogens with zero attached hydrogens (tertiary/aromatic N) is 2. The van der Waals surface area contributed by atoms with Gasteiger partial charge in [0, 0.05) is 32.7 Å². The fraction of sp³-hybridized carbons (Fsp3) is 0.391. The van der Waals surface area contributed by atoms with Gasteiger partial charge >= 0.3 is 12.0 Å². The van der Waals surface area contributed by atoms with E-state index in [4.69, 9.17) is 5.11 Å². The minimum Gasteiger partial charge on any atom is -0.478 e. The number of nitrogens with one attached hydrogen (secondary N) is 1. The minimum absolute atomic E-state index is 0.0729. The van der Waals surface area contributed by atoms with Gasteiger partial charge < -0.3 is 15.3 Å². The number of carboxylic acids is 1. The van der Waals surface area contributed by atoms with Crippen molar-refractivity contribution in [3.63, 3.8) is 0 Å². The van der Waals surface area contributed by atoms with Gasteiger partial charge in [-0.3, -0.25) is 4.90 Å². The lowest BCUT2D eigenvalue weighted by Gasteiger charge is -2.25. The van der Waals surface area contributed by atoms with Crippen molar-refractivity contribution in [1.29, 1.82) is 0 Å². The van der Waals surface area contributed by atoms with Crippen LogP contribution in [0.2, 0.25) is 0 Å². The lowest BCUT2D eigenvalue weighted by Crippen LogP contribution is -2.42. The zero-order chi connectivity index (χ0) is 20.6. The van der Waals surface area contributed by atoms with Crippen molar-refractivity contribution in [2.75, 3.05) is 26.2 Å². The number of carbonyl (C=O) groups excluding carboxylic acids is 1. The second-order valence-corrected chi connectivity index (χ2v) is 7.57. The molecule has 2 amide bonds. The van der Waals surface area contributed by atoms with Gasteiger partial charge in [-0.1, -0.05) is 42.5 Å². The predicted molar refractivity (Wildman–Crippen MR) is 113 cm³/mol. The Bertz CT molecular complexity index is 808. The van der Waals surface area contributed by atoms with Crippen molar-refractivity contribution in [2.24, 2.45) is 5.92 Å². The zero-order valence-corrected chi connectivity index (χ0v) is 16.9. The molecule has 0 bridgehead atoms. The van der Waals surface area contributed by atoms with Crippen LogP contribution in [0.4, 0.5) is 4.79 Å². The molecule has 1 aliphatic heterocycles. The summed E-state index contributed by atoms with van der Waals surface area (Å²) in [7, 11) is 0. The molecule has 0 saturated carbocycles. The third-order valence-electron chi connectivity index (χ3n) is 5.41. The van der Waals surface area contributed by atoms with E-state index in [2.05, 4.69) is 34.5 Å². The zero-order valence-electron chi connectivity index (χ0n) is 16.9. The molecule has 0 aliphatic carbocycles. The highest BCUT2D eigenvalue weighted by molar-refractivity contribution is 5.87. The fourth-order valence-electron chi connectivity index (χ4n) is 3.77. The average molecular weight is 396 g/mol. The van der Waals surface area contributed by atoms with Gasteiger partial charge in [0.1, 0.15) is 0 Å². The number of amides is 2. The lowest BCUT2D eigenvalue weighted by molar-refractivity contribution is 0.0697. The summed E-state index contributed by atoms with van der Waals surface area (Å²) in [5.41, 5.74) is 2.46. The number of rotatable bonds is 8. The molecule has 1 unspecified atom stereocenters. The van der Waals surface area contributed by atoms with Gasteiger partial charge in [-0.25, -0.2) is 9.59 Å². The van der Waals surface area contributed by atoms with E-state index in [-0.39, 0.29) is 11.6 Å². The second-order valence-electron chi connectivity index (χ2n) is 7.57. The summed E-state index contributed by atoms with van der Waals surface area (Å²) in [4.78, 5) is 27.8. The molecule has 1 aliphatic rings. The molecule has 0 spiro atoms. The van der Waals surface area contributed by atoms with Gasteiger partial charge in [0.15, 0.2) is 0 Å². The number of carbonyl (C=O) groups is 2. The minimum atomic E-state index is -0.949. The molecule has 2 aromatic rings. The monoisotopic (exact) mass is 395 g/mol. The predicted octanol–water partition coefficient (Wildman–Crippen LogP) is 3.44. The highest BCUT2D eigenvalue weighted by atomic mass is 16.4. The largest absolute Gasteiger partial charge is 0.478 e. The van der Waals surface area contributed by atoms with E-state index in [0.717, 1.165) is 38.2 Å². The van der Waals surface area contributed by atoms with Gasteiger partial charge in [-0.15, -0.1) is 0 Å². The number of likely N-dealkylation sites (tertiary alicyclic amines) is 1. The number of aromatic carboxylic acids is 1. The Morgan fingerprint density at radius 3 is 2.48 bits per heavy atom. The fourth-order valence-corrected chi connectivity index (χ4v) is 3.77. The van der Waals surface area contributed by atoms with Crippen LogP contribution in [0.15, 0.2) is 54.6 Å². The lowest BCUT2D eigenvalue weighted by atomic mass is 10.1. The number of hydrogen-bond donors (Lipinski definition) is 2. The van der Waals surface area contributed by atoms with Crippen molar-refractivity contribution in [2.45, 2.75) is 26.4 Å². The van der Waals surface area contributed by atoms with Gasteiger partial charge in [0.25, 0.3) is 0 Å². The Balaban J connectivity index is 1.45. The molecule has 1 fully saturated rings. The first kappa shape index (κ1) is 20.9. The van der Waals surface area contributed by atoms with Crippen LogP contribution in [0.1, 0.15) is 34.8 Å². The van der Waals surface area contributed by atoms with Crippen molar-refractivity contribution in [1.82, 2.24) is 15.1 Å². The Hall–Kier alpha value is -2.86. The maximum Gasteiger partial charge on any atom is 0.335 e. The summed E-state index contributed by atoms with van der Waals surface area (Å²) in [5.74, 6) is -0.463. The van der Waals surface area contributed by atoms with Gasteiger partial charge in [-0.05, 0) is 49.1 Å². The molecule has 154 valence electrons. The first-order chi connectivity index (χ1) is 14.0. The number of benzene rings is 2. The molecule has 3 rings (SSSR count). The first-order valence-corrected chi connectivity index (χ1v) is 10.2. The van der Waals surface area contributed by atoms with E-state index in [1.54, 1.807) is 24.3 Å². The SMILES string of the molecule is CCN(CC1CCN(Cc2ccccc2)C1)C(=O)NCc1ccc(C(=O)O)cc1. The Kier molecular flexibility index (Phi) is 7.25. The second kappa shape index (κ2) is 10.1. The molecule has 6 nitrogen and oxygen atoms in total. The van der Waals surface area contributed by atoms with E-state index >= 15 is 0 Å². The summed E-state index contributed by atoms with van der Waals surface area (Å²) in [5, 5.41) is 11.9. The highest BCUT2D eigenvalue weighted by Crippen LogP contribution is 2.20. The number of carboxylic acid groups (broad SMARTS) is 1. The summed E-state index contributed by atoms with van der Waals surface area (Å²) in [6, 6.07) is 17.0. The van der Waals surface area contributed by atoms with E-state index < -0.39 is 5.97 Å². The molecule has 1 saturated heterocycles. The molecular formula is C23H29N3O3. The summed E-state index contributed by atoms with van der Waals surface area (Å²) < 4.78 is 0. The van der Waals surface area contributed by atoms with Crippen LogP contribution >= 0.6 is 0 Å². The molecule has 6 heteroatoms. The van der Waals surface area contributed by atoms with Crippen LogP contribution in [0, 0.1) is 5.92 Å². The molecule has 0 radical (unpaired) electrons. The number of urea groups is 1. The molecule has 29 heavy (non-hydrogen) atoms. The highest BCUT2D eigenvalue weighted by Gasteiger charge is 2.25. The van der Waals surface area contributed by atoms with Crippen molar-refractivity contribution in [3.05, 3.63) is 71.3 Å². The van der Waals surface area contributed by atoms with E-state index in [1.807, 2.05) is 17.9 Å². The van der Waals surface area contributed by atoms with Crippen molar-refractivity contribution >= 4 is 12.0 Å². The third kappa shape index (κ3) is 6.06. The Morgan fingerprint density at radius 1 is 1.10 bits per heavy atom. The molecular weight excluding hydrogens is 366 g/mol. The molecule has 1 atom stereocenters. The van der Waals surface area contributed by atoms with Crippen LogP contribution < -0.4 is 5.32 Å². The summed E-state index contributed by atoms with van der Waals surface area (Å²) >= 11 is 0. The third-order valence-corrected chi connectivity index (χ3v) is 5.41. The molecule has 1 heterocycles. The van der Waals surface area contributed by atoms with Crippen LogP contribution in [0.25, 0.3) is 0 Å². The standard InChI is InChI=1S/C23H29N3O3/c1-2-26(23(29)24-14-18-8-10-21(11-9-18)22(27)28)17-20-12-13-25(16-20)15-19-6-4-3-5-7-19/h3-11,20H,2,12-17H2,1H3,(H,24,29)(H,27,28). The number of hydrogen-bond acceptors (Lipinski definition) is 3. The van der Waals surface area contributed by atoms with Crippen molar-refractivity contribution < 1.29 is 14.7 Å². The van der Waals surface area contributed by atoms with E-state index in [1.165, 1.54) is 5.56 Å². The average Bonchev–Trinajstić information content (AvgIpc) is 3.18. The van der Waals surface area contributed by atoms with Crippen LogP contribution in [-0.2, 0) is 13.1 Å². The summed E-state index contributed by atoms with van der Waals surface area (Å²) in [6.07, 6.45) is 1.10.